The van der Waals surface area contributed by atoms with Crippen molar-refractivity contribution in [3.8, 4) is 10.6 Å². The van der Waals surface area contributed by atoms with Crippen LogP contribution in [0.4, 0.5) is 0 Å². The minimum absolute atomic E-state index is 0.367. The molecule has 1 atom stereocenters. The molecule has 0 saturated carbocycles. The monoisotopic (exact) mass is 246 g/mol. The molecule has 0 bridgehead atoms. The van der Waals surface area contributed by atoms with Gasteiger partial charge in [0, 0.05) is 16.5 Å². The summed E-state index contributed by atoms with van der Waals surface area (Å²) in [4.78, 5) is 5.98. The van der Waals surface area contributed by atoms with Crippen LogP contribution in [0.5, 0.6) is 0 Å². The summed E-state index contributed by atoms with van der Waals surface area (Å²) >= 11 is 1.78. The Balaban J connectivity index is 2.37. The predicted octanol–water partition coefficient (Wildman–Crippen LogP) is 3.71. The van der Waals surface area contributed by atoms with Crippen LogP contribution in [0, 0.1) is 13.8 Å². The number of thiazole rings is 1. The molecule has 0 spiro atoms. The Morgan fingerprint density at radius 1 is 1.18 bits per heavy atom. The first kappa shape index (κ1) is 12.3. The molecule has 0 unspecified atom stereocenters. The minimum Gasteiger partial charge on any atom is -0.312 e. The maximum Gasteiger partial charge on any atom is 0.123 e. The van der Waals surface area contributed by atoms with E-state index in [4.69, 9.17) is 0 Å². The Kier molecular flexibility index (Phi) is 3.60. The van der Waals surface area contributed by atoms with E-state index < -0.39 is 0 Å². The van der Waals surface area contributed by atoms with Gasteiger partial charge in [0.05, 0.1) is 5.69 Å². The van der Waals surface area contributed by atoms with Crippen molar-refractivity contribution in [2.24, 2.45) is 0 Å². The van der Waals surface area contributed by atoms with E-state index in [1.165, 1.54) is 16.0 Å². The lowest BCUT2D eigenvalue weighted by molar-refractivity contribution is 0.658. The molecule has 1 aromatic carbocycles. The summed E-state index contributed by atoms with van der Waals surface area (Å²) in [5.74, 6) is 0. The Morgan fingerprint density at radius 2 is 1.82 bits per heavy atom. The lowest BCUT2D eigenvalue weighted by Crippen LogP contribution is -2.11. The smallest absolute Gasteiger partial charge is 0.123 e. The van der Waals surface area contributed by atoms with Gasteiger partial charge in [0.25, 0.3) is 0 Å². The van der Waals surface area contributed by atoms with Gasteiger partial charge in [-0.1, -0.05) is 29.8 Å². The van der Waals surface area contributed by atoms with Crippen LogP contribution in [-0.2, 0) is 0 Å². The van der Waals surface area contributed by atoms with Gasteiger partial charge < -0.3 is 5.32 Å². The van der Waals surface area contributed by atoms with Crippen molar-refractivity contribution in [2.45, 2.75) is 26.8 Å². The fraction of sp³-hybridized carbons (Fsp3) is 0.357. The number of nitrogens with zero attached hydrogens (tertiary/aromatic N) is 1. The average molecular weight is 246 g/mol. The van der Waals surface area contributed by atoms with Crippen LogP contribution in [0.3, 0.4) is 0 Å². The molecule has 0 aliphatic carbocycles. The second kappa shape index (κ2) is 4.98. The Bertz CT molecular complexity index is 499. The normalized spacial score (nSPS) is 12.7. The molecule has 0 saturated heterocycles. The number of aryl methyl sites for hydroxylation is 2. The molecule has 2 aromatic rings. The van der Waals surface area contributed by atoms with Gasteiger partial charge in [-0.3, -0.25) is 0 Å². The van der Waals surface area contributed by atoms with Crippen molar-refractivity contribution in [3.63, 3.8) is 0 Å². The summed E-state index contributed by atoms with van der Waals surface area (Å²) in [7, 11) is 1.98. The molecular formula is C14H18N2S. The predicted molar refractivity (Wildman–Crippen MR) is 74.5 cm³/mol. The van der Waals surface area contributed by atoms with E-state index in [0.29, 0.717) is 6.04 Å². The van der Waals surface area contributed by atoms with E-state index in [1.54, 1.807) is 11.3 Å². The standard InChI is InChI=1S/C14H18N2S/c1-9-5-7-12(8-6-9)14-16-11(3)13(17-14)10(2)15-4/h5-8,10,15H,1-4H3/t10-/m0/s1. The third-order valence-electron chi connectivity index (χ3n) is 2.96. The molecule has 0 aliphatic rings. The summed E-state index contributed by atoms with van der Waals surface area (Å²) < 4.78 is 0. The summed E-state index contributed by atoms with van der Waals surface area (Å²) in [5.41, 5.74) is 3.62. The van der Waals surface area contributed by atoms with Crippen molar-refractivity contribution < 1.29 is 0 Å². The number of rotatable bonds is 3. The zero-order valence-electron chi connectivity index (χ0n) is 10.7. The van der Waals surface area contributed by atoms with Crippen LogP contribution in [0.2, 0.25) is 0 Å². The second-order valence-corrected chi connectivity index (χ2v) is 5.38. The van der Waals surface area contributed by atoms with Crippen LogP contribution < -0.4 is 5.32 Å². The van der Waals surface area contributed by atoms with Crippen LogP contribution in [-0.4, -0.2) is 12.0 Å². The fourth-order valence-electron chi connectivity index (χ4n) is 1.76. The molecule has 0 radical (unpaired) electrons. The number of aromatic nitrogens is 1. The van der Waals surface area contributed by atoms with E-state index in [0.717, 1.165) is 10.7 Å². The van der Waals surface area contributed by atoms with Crippen molar-refractivity contribution in [1.82, 2.24) is 10.3 Å². The highest BCUT2D eigenvalue weighted by molar-refractivity contribution is 7.15. The summed E-state index contributed by atoms with van der Waals surface area (Å²) in [6, 6.07) is 8.91. The SMILES string of the molecule is CN[C@@H](C)c1sc(-c2ccc(C)cc2)nc1C. The second-order valence-electron chi connectivity index (χ2n) is 4.35. The maximum atomic E-state index is 4.66. The van der Waals surface area contributed by atoms with Crippen LogP contribution >= 0.6 is 11.3 Å². The highest BCUT2D eigenvalue weighted by Gasteiger charge is 2.13. The van der Waals surface area contributed by atoms with E-state index in [9.17, 15) is 0 Å². The number of benzene rings is 1. The number of nitrogens with one attached hydrogen (secondary N) is 1. The van der Waals surface area contributed by atoms with Crippen LogP contribution in [0.15, 0.2) is 24.3 Å². The summed E-state index contributed by atoms with van der Waals surface area (Å²) in [6.07, 6.45) is 0. The third-order valence-corrected chi connectivity index (χ3v) is 4.35. The summed E-state index contributed by atoms with van der Waals surface area (Å²) in [5, 5.41) is 4.38. The van der Waals surface area contributed by atoms with Gasteiger partial charge in [-0.2, -0.15) is 0 Å². The van der Waals surface area contributed by atoms with E-state index in [1.807, 2.05) is 7.05 Å². The zero-order chi connectivity index (χ0) is 12.4. The molecule has 0 fully saturated rings. The van der Waals surface area contributed by atoms with Gasteiger partial charge in [0.15, 0.2) is 0 Å². The van der Waals surface area contributed by atoms with Gasteiger partial charge in [-0.25, -0.2) is 4.98 Å². The molecule has 2 nitrogen and oxygen atoms in total. The Hall–Kier alpha value is -1.19. The first-order valence-corrected chi connectivity index (χ1v) is 6.65. The average Bonchev–Trinajstić information content (AvgIpc) is 2.71. The topological polar surface area (TPSA) is 24.9 Å². The van der Waals surface area contributed by atoms with Crippen molar-refractivity contribution in [1.29, 1.82) is 0 Å². The molecule has 2 rings (SSSR count). The molecule has 17 heavy (non-hydrogen) atoms. The molecule has 0 amide bonds. The number of hydrogen-bond acceptors (Lipinski definition) is 3. The molecule has 1 aromatic heterocycles. The molecule has 1 heterocycles. The van der Waals surface area contributed by atoms with Gasteiger partial charge in [-0.05, 0) is 27.8 Å². The van der Waals surface area contributed by atoms with E-state index >= 15 is 0 Å². The van der Waals surface area contributed by atoms with Crippen LogP contribution in [0.25, 0.3) is 10.6 Å². The molecular weight excluding hydrogens is 228 g/mol. The van der Waals surface area contributed by atoms with Gasteiger partial charge in [0.2, 0.25) is 0 Å². The van der Waals surface area contributed by atoms with E-state index in [2.05, 4.69) is 55.3 Å². The highest BCUT2D eigenvalue weighted by atomic mass is 32.1. The Morgan fingerprint density at radius 3 is 2.41 bits per heavy atom. The Labute approximate surface area is 107 Å². The molecule has 0 aliphatic heterocycles. The van der Waals surface area contributed by atoms with Crippen molar-refractivity contribution in [2.75, 3.05) is 7.05 Å². The number of hydrogen-bond donors (Lipinski definition) is 1. The lowest BCUT2D eigenvalue weighted by atomic mass is 10.2. The molecule has 1 N–H and O–H groups in total. The van der Waals surface area contributed by atoms with Crippen molar-refractivity contribution >= 4 is 11.3 Å². The highest BCUT2D eigenvalue weighted by Crippen LogP contribution is 2.31. The minimum atomic E-state index is 0.367. The van der Waals surface area contributed by atoms with Gasteiger partial charge in [0.1, 0.15) is 5.01 Å². The quantitative estimate of drug-likeness (QED) is 0.893. The maximum absolute atomic E-state index is 4.66. The van der Waals surface area contributed by atoms with Crippen LogP contribution in [0.1, 0.15) is 29.1 Å². The fourth-order valence-corrected chi connectivity index (χ4v) is 2.89. The molecule has 90 valence electrons. The zero-order valence-corrected chi connectivity index (χ0v) is 11.6. The summed E-state index contributed by atoms with van der Waals surface area (Å²) in [6.45, 7) is 6.35. The van der Waals surface area contributed by atoms with E-state index in [-0.39, 0.29) is 0 Å². The van der Waals surface area contributed by atoms with Crippen molar-refractivity contribution in [3.05, 3.63) is 40.4 Å². The largest absolute Gasteiger partial charge is 0.312 e. The first-order chi connectivity index (χ1) is 8.11. The third kappa shape index (κ3) is 2.56. The lowest BCUT2D eigenvalue weighted by Gasteiger charge is -2.06. The van der Waals surface area contributed by atoms with Gasteiger partial charge >= 0.3 is 0 Å². The molecule has 3 heteroatoms. The first-order valence-electron chi connectivity index (χ1n) is 5.83. The van der Waals surface area contributed by atoms with Gasteiger partial charge in [-0.15, -0.1) is 11.3 Å².